The summed E-state index contributed by atoms with van der Waals surface area (Å²) in [7, 11) is 1.69. The fraction of sp³-hybridized carbons (Fsp3) is 0.417. The zero-order chi connectivity index (χ0) is 22.8. The van der Waals surface area contributed by atoms with Gasteiger partial charge in [-0.15, -0.1) is 24.0 Å². The maximum absolute atomic E-state index is 13.0. The Labute approximate surface area is 212 Å². The van der Waals surface area contributed by atoms with E-state index in [1.54, 1.807) is 19.2 Å². The third-order valence-corrected chi connectivity index (χ3v) is 5.28. The van der Waals surface area contributed by atoms with Crippen LogP contribution in [-0.4, -0.2) is 57.7 Å². The minimum atomic E-state index is -0.305. The third kappa shape index (κ3) is 8.38. The number of aliphatic imine (C=N–C) groups is 1. The number of benzene rings is 2. The normalized spacial score (nSPS) is 15.5. The Morgan fingerprint density at radius 3 is 2.67 bits per heavy atom. The standard InChI is InChI=1S/C24H32FN5O2.HI/c1-3-26-24(28-14-13-27-23(31)16-18-8-10-19(25)11-9-18)29-20-12-15-30(17-20)21-6-4-5-7-22(21)32-2;/h4-11,20H,3,12-17H2,1-2H3,(H,27,31)(H2,26,28,29);1H. The molecule has 0 aromatic heterocycles. The van der Waals surface area contributed by atoms with Gasteiger partial charge < -0.3 is 25.6 Å². The molecule has 0 spiro atoms. The topological polar surface area (TPSA) is 78.0 Å². The van der Waals surface area contributed by atoms with Crippen LogP contribution in [0.25, 0.3) is 0 Å². The van der Waals surface area contributed by atoms with Crippen molar-refractivity contribution in [2.45, 2.75) is 25.8 Å². The van der Waals surface area contributed by atoms with Crippen molar-refractivity contribution >= 4 is 41.5 Å². The van der Waals surface area contributed by atoms with Gasteiger partial charge in [0.25, 0.3) is 0 Å². The molecule has 0 bridgehead atoms. The van der Waals surface area contributed by atoms with Crippen LogP contribution < -0.4 is 25.6 Å². The summed E-state index contributed by atoms with van der Waals surface area (Å²) in [4.78, 5) is 19.0. The van der Waals surface area contributed by atoms with Gasteiger partial charge in [-0.1, -0.05) is 24.3 Å². The molecule has 180 valence electrons. The number of amides is 1. The number of hydrogen-bond acceptors (Lipinski definition) is 4. The first-order valence-electron chi connectivity index (χ1n) is 11.0. The van der Waals surface area contributed by atoms with Crippen molar-refractivity contribution in [3.05, 3.63) is 59.9 Å². The van der Waals surface area contributed by atoms with Crippen LogP contribution in [0.2, 0.25) is 0 Å². The predicted octanol–water partition coefficient (Wildman–Crippen LogP) is 2.95. The third-order valence-electron chi connectivity index (χ3n) is 5.28. The van der Waals surface area contributed by atoms with Crippen LogP contribution in [0.5, 0.6) is 5.75 Å². The first-order valence-corrected chi connectivity index (χ1v) is 11.0. The predicted molar refractivity (Wildman–Crippen MR) is 141 cm³/mol. The first kappa shape index (κ1) is 26.7. The zero-order valence-corrected chi connectivity index (χ0v) is 21.5. The lowest BCUT2D eigenvalue weighted by molar-refractivity contribution is -0.120. The highest BCUT2D eigenvalue weighted by Crippen LogP contribution is 2.30. The lowest BCUT2D eigenvalue weighted by Gasteiger charge is -2.22. The molecule has 0 radical (unpaired) electrons. The van der Waals surface area contributed by atoms with Crippen molar-refractivity contribution in [2.24, 2.45) is 4.99 Å². The molecule has 1 heterocycles. The van der Waals surface area contributed by atoms with Crippen LogP contribution in [0.3, 0.4) is 0 Å². The van der Waals surface area contributed by atoms with Gasteiger partial charge >= 0.3 is 0 Å². The largest absolute Gasteiger partial charge is 0.495 e. The van der Waals surface area contributed by atoms with Crippen molar-refractivity contribution in [1.82, 2.24) is 16.0 Å². The Bertz CT molecular complexity index is 910. The Kier molecular flexibility index (Phi) is 11.2. The Balaban J connectivity index is 0.00000385. The molecule has 0 saturated carbocycles. The molecule has 1 aliphatic rings. The monoisotopic (exact) mass is 569 g/mol. The molecule has 2 aromatic rings. The molecule has 1 aliphatic heterocycles. The number of hydrogen-bond donors (Lipinski definition) is 3. The first-order chi connectivity index (χ1) is 15.6. The second kappa shape index (κ2) is 13.9. The van der Waals surface area contributed by atoms with Crippen molar-refractivity contribution in [2.75, 3.05) is 44.7 Å². The molecule has 0 aliphatic carbocycles. The van der Waals surface area contributed by atoms with E-state index in [1.165, 1.54) is 12.1 Å². The molecule has 7 nitrogen and oxygen atoms in total. The molecule has 3 N–H and O–H groups in total. The number of halogens is 2. The number of para-hydroxylation sites is 2. The van der Waals surface area contributed by atoms with E-state index in [9.17, 15) is 9.18 Å². The summed E-state index contributed by atoms with van der Waals surface area (Å²) >= 11 is 0. The Hall–Kier alpha value is -2.56. The van der Waals surface area contributed by atoms with E-state index in [1.807, 2.05) is 25.1 Å². The summed E-state index contributed by atoms with van der Waals surface area (Å²) in [5.74, 6) is 1.21. The van der Waals surface area contributed by atoms with E-state index in [-0.39, 0.29) is 48.2 Å². The van der Waals surface area contributed by atoms with Crippen LogP contribution >= 0.6 is 24.0 Å². The molecule has 33 heavy (non-hydrogen) atoms. The number of ether oxygens (including phenoxy) is 1. The Morgan fingerprint density at radius 1 is 1.18 bits per heavy atom. The second-order valence-corrected chi connectivity index (χ2v) is 7.66. The van der Waals surface area contributed by atoms with Crippen molar-refractivity contribution in [3.63, 3.8) is 0 Å². The van der Waals surface area contributed by atoms with Crippen LogP contribution in [0, 0.1) is 5.82 Å². The maximum Gasteiger partial charge on any atom is 0.224 e. The van der Waals surface area contributed by atoms with E-state index >= 15 is 0 Å². The van der Waals surface area contributed by atoms with Crippen molar-refractivity contribution < 1.29 is 13.9 Å². The lowest BCUT2D eigenvalue weighted by atomic mass is 10.1. The maximum atomic E-state index is 13.0. The second-order valence-electron chi connectivity index (χ2n) is 7.66. The molecule has 9 heteroatoms. The highest BCUT2D eigenvalue weighted by atomic mass is 127. The summed E-state index contributed by atoms with van der Waals surface area (Å²) in [6.07, 6.45) is 1.22. The molecule has 1 atom stereocenters. The Morgan fingerprint density at radius 2 is 1.94 bits per heavy atom. The molecular formula is C24H33FIN5O2. The minimum Gasteiger partial charge on any atom is -0.495 e. The van der Waals surface area contributed by atoms with Crippen LogP contribution in [-0.2, 0) is 11.2 Å². The van der Waals surface area contributed by atoms with E-state index in [0.29, 0.717) is 13.1 Å². The number of guanidine groups is 1. The lowest BCUT2D eigenvalue weighted by Crippen LogP contribution is -2.45. The van der Waals surface area contributed by atoms with Gasteiger partial charge in [0.2, 0.25) is 5.91 Å². The molecule has 1 unspecified atom stereocenters. The average molecular weight is 569 g/mol. The highest BCUT2D eigenvalue weighted by molar-refractivity contribution is 14.0. The van der Waals surface area contributed by atoms with Gasteiger partial charge in [-0.25, -0.2) is 4.39 Å². The van der Waals surface area contributed by atoms with Gasteiger partial charge in [0, 0.05) is 32.2 Å². The number of carbonyl (C=O) groups is 1. The van der Waals surface area contributed by atoms with Crippen LogP contribution in [0.1, 0.15) is 18.9 Å². The molecule has 1 saturated heterocycles. The molecule has 1 fully saturated rings. The van der Waals surface area contributed by atoms with Crippen molar-refractivity contribution in [3.8, 4) is 5.75 Å². The van der Waals surface area contributed by atoms with Crippen LogP contribution in [0.15, 0.2) is 53.5 Å². The van der Waals surface area contributed by atoms with Gasteiger partial charge in [-0.2, -0.15) is 0 Å². The molecular weight excluding hydrogens is 536 g/mol. The number of carbonyl (C=O) groups excluding carboxylic acids is 1. The fourth-order valence-electron chi connectivity index (χ4n) is 3.71. The summed E-state index contributed by atoms with van der Waals surface area (Å²) in [5.41, 5.74) is 1.88. The van der Waals surface area contributed by atoms with Gasteiger partial charge in [-0.05, 0) is 43.2 Å². The summed E-state index contributed by atoms with van der Waals surface area (Å²) in [6.45, 7) is 5.49. The SMILES string of the molecule is CCNC(=NCCNC(=O)Cc1ccc(F)cc1)NC1CCN(c2ccccc2OC)C1.I. The number of methoxy groups -OCH3 is 1. The fourth-order valence-corrected chi connectivity index (χ4v) is 3.71. The van der Waals surface area contributed by atoms with Gasteiger partial charge in [0.15, 0.2) is 5.96 Å². The van der Waals surface area contributed by atoms with Crippen LogP contribution in [0.4, 0.5) is 10.1 Å². The number of nitrogens with zero attached hydrogens (tertiary/aromatic N) is 2. The summed E-state index contributed by atoms with van der Waals surface area (Å²) in [5, 5.41) is 9.62. The minimum absolute atomic E-state index is 0. The number of rotatable bonds is 9. The van der Waals surface area contributed by atoms with E-state index in [0.717, 1.165) is 49.0 Å². The number of anilines is 1. The van der Waals surface area contributed by atoms with E-state index in [4.69, 9.17) is 4.74 Å². The smallest absolute Gasteiger partial charge is 0.224 e. The van der Waals surface area contributed by atoms with Gasteiger partial charge in [0.05, 0.1) is 25.8 Å². The van der Waals surface area contributed by atoms with Crippen molar-refractivity contribution in [1.29, 1.82) is 0 Å². The molecule has 1 amide bonds. The molecule has 3 rings (SSSR count). The number of nitrogens with one attached hydrogen (secondary N) is 3. The summed E-state index contributed by atoms with van der Waals surface area (Å²) < 4.78 is 18.5. The molecule has 2 aromatic carbocycles. The summed E-state index contributed by atoms with van der Waals surface area (Å²) in [6, 6.07) is 14.3. The highest BCUT2D eigenvalue weighted by Gasteiger charge is 2.25. The van der Waals surface area contributed by atoms with E-state index < -0.39 is 0 Å². The quantitative estimate of drug-likeness (QED) is 0.188. The van der Waals surface area contributed by atoms with E-state index in [2.05, 4.69) is 31.9 Å². The van der Waals surface area contributed by atoms with Gasteiger partial charge in [0.1, 0.15) is 11.6 Å². The average Bonchev–Trinajstić information content (AvgIpc) is 3.26. The zero-order valence-electron chi connectivity index (χ0n) is 19.1. The van der Waals surface area contributed by atoms with Gasteiger partial charge in [-0.3, -0.25) is 9.79 Å².